The molecular weight excluding hydrogens is 294 g/mol. The van der Waals surface area contributed by atoms with E-state index in [2.05, 4.69) is 4.98 Å². The average molecular weight is 315 g/mol. The second-order valence-corrected chi connectivity index (χ2v) is 5.88. The lowest BCUT2D eigenvalue weighted by atomic mass is 10.0. The van der Waals surface area contributed by atoms with E-state index in [1.807, 2.05) is 36.1 Å². The molecule has 2 heterocycles. The van der Waals surface area contributed by atoms with Gasteiger partial charge in [0.1, 0.15) is 5.82 Å². The van der Waals surface area contributed by atoms with Gasteiger partial charge in [-0.3, -0.25) is 14.3 Å². The number of hydrogen-bond acceptors (Lipinski definition) is 4. The molecule has 6 nitrogen and oxygen atoms in total. The maximum absolute atomic E-state index is 12.6. The number of aryl methyl sites for hydroxylation is 1. The first-order valence-corrected chi connectivity index (χ1v) is 7.76. The van der Waals surface area contributed by atoms with E-state index in [1.165, 1.54) is 12.6 Å². The average Bonchev–Trinajstić information content (AvgIpc) is 2.58. The van der Waals surface area contributed by atoms with Gasteiger partial charge >= 0.3 is 5.69 Å². The predicted molar refractivity (Wildman–Crippen MR) is 89.3 cm³/mol. The van der Waals surface area contributed by atoms with E-state index in [0.717, 1.165) is 10.1 Å². The van der Waals surface area contributed by atoms with Gasteiger partial charge in [0, 0.05) is 26.6 Å². The van der Waals surface area contributed by atoms with Crippen LogP contribution in [0.3, 0.4) is 0 Å². The van der Waals surface area contributed by atoms with Crippen LogP contribution in [0.5, 0.6) is 0 Å². The third-order valence-corrected chi connectivity index (χ3v) is 4.21. The molecule has 1 saturated heterocycles. The van der Waals surface area contributed by atoms with Crippen LogP contribution < -0.4 is 16.1 Å². The van der Waals surface area contributed by atoms with Crippen LogP contribution in [-0.2, 0) is 18.2 Å². The van der Waals surface area contributed by atoms with Gasteiger partial charge < -0.3 is 9.64 Å². The highest BCUT2D eigenvalue weighted by Gasteiger charge is 2.20. The van der Waals surface area contributed by atoms with Crippen LogP contribution in [0.1, 0.15) is 16.7 Å². The highest BCUT2D eigenvalue weighted by Crippen LogP contribution is 2.18. The summed E-state index contributed by atoms with van der Waals surface area (Å²) in [7, 11) is 1.50. The Morgan fingerprint density at radius 1 is 1.13 bits per heavy atom. The lowest BCUT2D eigenvalue weighted by molar-refractivity contribution is 0.122. The van der Waals surface area contributed by atoms with Gasteiger partial charge in [0.05, 0.1) is 18.8 Å². The number of nitrogens with zero attached hydrogens (tertiary/aromatic N) is 2. The van der Waals surface area contributed by atoms with Crippen molar-refractivity contribution in [2.24, 2.45) is 7.05 Å². The minimum Gasteiger partial charge on any atom is -0.378 e. The van der Waals surface area contributed by atoms with Gasteiger partial charge in [-0.2, -0.15) is 0 Å². The number of nitrogens with one attached hydrogen (secondary N) is 1. The van der Waals surface area contributed by atoms with E-state index in [9.17, 15) is 9.59 Å². The molecule has 1 aromatic carbocycles. The molecule has 1 aromatic heterocycles. The quantitative estimate of drug-likeness (QED) is 0.910. The number of benzene rings is 1. The summed E-state index contributed by atoms with van der Waals surface area (Å²) < 4.78 is 6.49. The molecule has 0 atom stereocenters. The molecule has 0 amide bonds. The fraction of sp³-hybridized carbons (Fsp3) is 0.412. The van der Waals surface area contributed by atoms with Crippen molar-refractivity contribution < 1.29 is 4.74 Å². The fourth-order valence-corrected chi connectivity index (χ4v) is 2.78. The molecule has 0 bridgehead atoms. The monoisotopic (exact) mass is 315 g/mol. The van der Waals surface area contributed by atoms with Crippen LogP contribution in [0, 0.1) is 6.92 Å². The molecule has 0 unspecified atom stereocenters. The number of aromatic nitrogens is 2. The van der Waals surface area contributed by atoms with Gasteiger partial charge in [0.15, 0.2) is 0 Å². The van der Waals surface area contributed by atoms with Gasteiger partial charge in [-0.25, -0.2) is 4.79 Å². The van der Waals surface area contributed by atoms with Gasteiger partial charge in [-0.1, -0.05) is 29.8 Å². The molecule has 0 saturated carbocycles. The van der Waals surface area contributed by atoms with Crippen molar-refractivity contribution in [1.82, 2.24) is 9.55 Å². The smallest absolute Gasteiger partial charge is 0.329 e. The van der Waals surface area contributed by atoms with E-state index < -0.39 is 0 Å². The number of rotatable bonds is 3. The first kappa shape index (κ1) is 15.6. The fourth-order valence-electron chi connectivity index (χ4n) is 2.78. The first-order valence-electron chi connectivity index (χ1n) is 7.76. The highest BCUT2D eigenvalue weighted by atomic mass is 16.5. The predicted octanol–water partition coefficient (Wildman–Crippen LogP) is 0.809. The number of aromatic amines is 1. The minimum atomic E-state index is -0.385. The Hall–Kier alpha value is -2.34. The van der Waals surface area contributed by atoms with E-state index in [-0.39, 0.29) is 11.2 Å². The minimum absolute atomic E-state index is 0.240. The molecule has 0 aliphatic carbocycles. The van der Waals surface area contributed by atoms with E-state index >= 15 is 0 Å². The molecule has 1 N–H and O–H groups in total. The lowest BCUT2D eigenvalue weighted by Gasteiger charge is -2.29. The van der Waals surface area contributed by atoms with E-state index in [0.29, 0.717) is 44.1 Å². The van der Waals surface area contributed by atoms with E-state index in [1.54, 1.807) is 0 Å². The Morgan fingerprint density at radius 2 is 1.78 bits per heavy atom. The van der Waals surface area contributed by atoms with Crippen molar-refractivity contribution >= 4 is 5.82 Å². The molecule has 6 heteroatoms. The number of morpholine rings is 1. The molecule has 3 rings (SSSR count). The summed E-state index contributed by atoms with van der Waals surface area (Å²) in [5, 5.41) is 0. The Balaban J connectivity index is 2.05. The summed E-state index contributed by atoms with van der Waals surface area (Å²) in [6.07, 6.45) is 0.496. The van der Waals surface area contributed by atoms with Crippen molar-refractivity contribution in [2.75, 3.05) is 31.2 Å². The number of anilines is 1. The third kappa shape index (κ3) is 3.22. The Labute approximate surface area is 134 Å². The van der Waals surface area contributed by atoms with Crippen LogP contribution in [0.4, 0.5) is 5.82 Å². The van der Waals surface area contributed by atoms with Crippen molar-refractivity contribution in [3.63, 3.8) is 0 Å². The number of hydrogen-bond donors (Lipinski definition) is 1. The lowest BCUT2D eigenvalue weighted by Crippen LogP contribution is -2.43. The van der Waals surface area contributed by atoms with Gasteiger partial charge in [0.25, 0.3) is 5.56 Å². The van der Waals surface area contributed by atoms with Crippen molar-refractivity contribution in [2.45, 2.75) is 13.3 Å². The normalized spacial score (nSPS) is 15.0. The summed E-state index contributed by atoms with van der Waals surface area (Å²) >= 11 is 0. The SMILES string of the molecule is Cc1ccc(Cc2c(N3CCOCC3)[nH]c(=O)n(C)c2=O)cc1. The highest BCUT2D eigenvalue weighted by molar-refractivity contribution is 5.48. The van der Waals surface area contributed by atoms with Crippen LogP contribution in [0.2, 0.25) is 0 Å². The number of ether oxygens (including phenoxy) is 1. The standard InChI is InChI=1S/C17H21N3O3/c1-12-3-5-13(6-4-12)11-14-15(20-7-9-23-10-8-20)18-17(22)19(2)16(14)21/h3-6H,7-11H2,1-2H3,(H,18,22). The Kier molecular flexibility index (Phi) is 4.34. The van der Waals surface area contributed by atoms with Crippen molar-refractivity contribution in [3.05, 3.63) is 61.8 Å². The van der Waals surface area contributed by atoms with Gasteiger partial charge in [0.2, 0.25) is 0 Å². The van der Waals surface area contributed by atoms with Gasteiger partial charge in [-0.05, 0) is 12.5 Å². The summed E-state index contributed by atoms with van der Waals surface area (Å²) in [6.45, 7) is 4.57. The van der Waals surface area contributed by atoms with Gasteiger partial charge in [-0.15, -0.1) is 0 Å². The summed E-state index contributed by atoms with van der Waals surface area (Å²) in [5.41, 5.74) is 2.23. The largest absolute Gasteiger partial charge is 0.378 e. The van der Waals surface area contributed by atoms with Crippen molar-refractivity contribution in [1.29, 1.82) is 0 Å². The second-order valence-electron chi connectivity index (χ2n) is 5.88. The molecule has 1 aliphatic heterocycles. The molecule has 1 fully saturated rings. The van der Waals surface area contributed by atoms with Crippen LogP contribution in [-0.4, -0.2) is 35.9 Å². The maximum Gasteiger partial charge on any atom is 0.329 e. The zero-order valence-electron chi connectivity index (χ0n) is 13.5. The summed E-state index contributed by atoms with van der Waals surface area (Å²) in [6, 6.07) is 8.09. The Bertz CT molecular complexity index is 799. The molecule has 2 aromatic rings. The molecule has 23 heavy (non-hydrogen) atoms. The molecule has 0 spiro atoms. The molecule has 122 valence electrons. The van der Waals surface area contributed by atoms with Crippen molar-refractivity contribution in [3.8, 4) is 0 Å². The molecule has 0 radical (unpaired) electrons. The maximum atomic E-state index is 12.6. The number of H-pyrrole nitrogens is 1. The zero-order valence-corrected chi connectivity index (χ0v) is 13.5. The first-order chi connectivity index (χ1) is 11.1. The van der Waals surface area contributed by atoms with Crippen LogP contribution in [0.15, 0.2) is 33.9 Å². The third-order valence-electron chi connectivity index (χ3n) is 4.21. The van der Waals surface area contributed by atoms with Crippen LogP contribution in [0.25, 0.3) is 0 Å². The Morgan fingerprint density at radius 3 is 2.43 bits per heavy atom. The summed E-state index contributed by atoms with van der Waals surface area (Å²) in [4.78, 5) is 29.5. The van der Waals surface area contributed by atoms with Crippen LogP contribution >= 0.6 is 0 Å². The summed E-state index contributed by atoms with van der Waals surface area (Å²) in [5.74, 6) is 0.627. The topological polar surface area (TPSA) is 67.3 Å². The zero-order chi connectivity index (χ0) is 16.4. The molecule has 1 aliphatic rings. The van der Waals surface area contributed by atoms with E-state index in [4.69, 9.17) is 4.74 Å². The second kappa shape index (κ2) is 6.42. The molecular formula is C17H21N3O3.